The van der Waals surface area contributed by atoms with Crippen LogP contribution in [0.5, 0.6) is 0 Å². The van der Waals surface area contributed by atoms with Crippen molar-refractivity contribution >= 4 is 43.5 Å². The third-order valence-electron chi connectivity index (χ3n) is 7.71. The highest BCUT2D eigenvalue weighted by Crippen LogP contribution is 2.29. The smallest absolute Gasteiger partial charge is 0.264 e. The molecule has 4 aromatic carbocycles. The van der Waals surface area contributed by atoms with Gasteiger partial charge < -0.3 is 10.2 Å². The first-order valence-electron chi connectivity index (χ1n) is 15.4. The number of nitrogens with zero attached hydrogens (tertiary/aromatic N) is 2. The Hall–Kier alpha value is -3.95. The summed E-state index contributed by atoms with van der Waals surface area (Å²) in [4.78, 5) is 30.1. The first-order chi connectivity index (χ1) is 21.8. The van der Waals surface area contributed by atoms with Gasteiger partial charge in [0.2, 0.25) is 11.8 Å². The molecule has 0 unspecified atom stereocenters. The predicted molar refractivity (Wildman–Crippen MR) is 188 cm³/mol. The minimum atomic E-state index is -4.16. The highest BCUT2D eigenvalue weighted by molar-refractivity contribution is 9.10. The number of anilines is 1. The van der Waals surface area contributed by atoms with Crippen molar-refractivity contribution in [3.63, 3.8) is 0 Å². The first kappa shape index (κ1) is 34.9. The summed E-state index contributed by atoms with van der Waals surface area (Å²) in [6.07, 6.45) is 0.263. The lowest BCUT2D eigenvalue weighted by molar-refractivity contribution is -0.140. The summed E-state index contributed by atoms with van der Waals surface area (Å²) < 4.78 is 30.6. The van der Waals surface area contributed by atoms with Gasteiger partial charge in [0.1, 0.15) is 12.6 Å². The number of amides is 2. The Balaban J connectivity index is 1.82. The van der Waals surface area contributed by atoms with Crippen molar-refractivity contribution in [2.75, 3.05) is 17.4 Å². The maximum atomic E-state index is 14.6. The molecule has 9 heteroatoms. The molecule has 0 aromatic heterocycles. The number of carbonyl (C=O) groups is 2. The second kappa shape index (κ2) is 15.6. The van der Waals surface area contributed by atoms with Crippen LogP contribution in [0.3, 0.4) is 0 Å². The maximum absolute atomic E-state index is 14.6. The van der Waals surface area contributed by atoms with E-state index >= 15 is 0 Å². The number of rotatable bonds is 13. The van der Waals surface area contributed by atoms with Crippen molar-refractivity contribution in [2.24, 2.45) is 5.92 Å². The van der Waals surface area contributed by atoms with Crippen LogP contribution in [0.4, 0.5) is 5.69 Å². The molecule has 4 aromatic rings. The van der Waals surface area contributed by atoms with E-state index in [0.29, 0.717) is 12.2 Å². The summed E-state index contributed by atoms with van der Waals surface area (Å²) in [7, 11) is -4.16. The van der Waals surface area contributed by atoms with Crippen LogP contribution in [-0.4, -0.2) is 44.3 Å². The van der Waals surface area contributed by atoms with Crippen molar-refractivity contribution in [1.29, 1.82) is 0 Å². The zero-order valence-corrected chi connectivity index (χ0v) is 29.4. The summed E-state index contributed by atoms with van der Waals surface area (Å²) in [5.41, 5.74) is 4.71. The lowest BCUT2D eigenvalue weighted by atomic mass is 10.0. The van der Waals surface area contributed by atoms with Gasteiger partial charge in [0.15, 0.2) is 0 Å². The Morgan fingerprint density at radius 1 is 0.804 bits per heavy atom. The third kappa shape index (κ3) is 9.07. The van der Waals surface area contributed by atoms with Gasteiger partial charge in [0, 0.05) is 24.0 Å². The number of aryl methyl sites for hydroxylation is 3. The number of nitrogens with one attached hydrogen (secondary N) is 1. The number of hydrogen-bond acceptors (Lipinski definition) is 4. The van der Waals surface area contributed by atoms with Crippen molar-refractivity contribution in [1.82, 2.24) is 10.2 Å². The molecule has 0 spiro atoms. The molecule has 0 bridgehead atoms. The molecular weight excluding hydrogens is 662 g/mol. The molecule has 0 fully saturated rings. The molecule has 0 heterocycles. The fourth-order valence-corrected chi connectivity index (χ4v) is 7.17. The van der Waals surface area contributed by atoms with Crippen LogP contribution >= 0.6 is 15.9 Å². The highest BCUT2D eigenvalue weighted by atomic mass is 79.9. The van der Waals surface area contributed by atoms with Gasteiger partial charge in [-0.1, -0.05) is 108 Å². The van der Waals surface area contributed by atoms with Gasteiger partial charge in [-0.3, -0.25) is 13.9 Å². The van der Waals surface area contributed by atoms with E-state index in [0.717, 1.165) is 32.3 Å². The van der Waals surface area contributed by atoms with E-state index in [-0.39, 0.29) is 29.7 Å². The van der Waals surface area contributed by atoms with Crippen LogP contribution in [-0.2, 0) is 32.6 Å². The summed E-state index contributed by atoms with van der Waals surface area (Å²) >= 11 is 3.52. The predicted octanol–water partition coefficient (Wildman–Crippen LogP) is 6.98. The number of carbonyl (C=O) groups excluding carboxylic acids is 2. The number of hydrogen-bond donors (Lipinski definition) is 1. The van der Waals surface area contributed by atoms with Crippen LogP contribution < -0.4 is 9.62 Å². The molecule has 0 aliphatic carbocycles. The zero-order chi connectivity index (χ0) is 33.4. The summed E-state index contributed by atoms with van der Waals surface area (Å²) in [5.74, 6) is -0.577. The fourth-order valence-electron chi connectivity index (χ4n) is 5.24. The molecule has 0 aliphatic heterocycles. The second-order valence-electron chi connectivity index (χ2n) is 12.1. The van der Waals surface area contributed by atoms with E-state index in [9.17, 15) is 18.0 Å². The normalized spacial score (nSPS) is 12.1. The molecule has 0 radical (unpaired) electrons. The number of halogens is 1. The minimum absolute atomic E-state index is 0.0833. The molecule has 1 N–H and O–H groups in total. The molecule has 242 valence electrons. The zero-order valence-electron chi connectivity index (χ0n) is 27.0. The molecule has 4 rings (SSSR count). The Morgan fingerprint density at radius 2 is 1.46 bits per heavy atom. The van der Waals surface area contributed by atoms with Gasteiger partial charge in [0.25, 0.3) is 10.0 Å². The van der Waals surface area contributed by atoms with Crippen LogP contribution in [0.2, 0.25) is 0 Å². The van der Waals surface area contributed by atoms with Crippen molar-refractivity contribution in [2.45, 2.75) is 58.5 Å². The Bertz CT molecular complexity index is 1760. The van der Waals surface area contributed by atoms with Crippen LogP contribution in [0, 0.1) is 26.7 Å². The monoisotopic (exact) mass is 703 g/mol. The van der Waals surface area contributed by atoms with Crippen molar-refractivity contribution in [3.8, 4) is 0 Å². The van der Waals surface area contributed by atoms with Gasteiger partial charge in [-0.25, -0.2) is 8.42 Å². The fraction of sp³-hybridized carbons (Fsp3) is 0.297. The molecule has 2 amide bonds. The first-order valence-corrected chi connectivity index (χ1v) is 17.6. The van der Waals surface area contributed by atoms with Crippen LogP contribution in [0.1, 0.15) is 41.7 Å². The Kier molecular flexibility index (Phi) is 11.8. The lowest BCUT2D eigenvalue weighted by Crippen LogP contribution is -2.53. The molecule has 0 saturated carbocycles. The summed E-state index contributed by atoms with van der Waals surface area (Å²) in [6, 6.07) is 28.3. The summed E-state index contributed by atoms with van der Waals surface area (Å²) in [5, 5.41) is 3.02. The molecule has 1 atom stereocenters. The van der Waals surface area contributed by atoms with Gasteiger partial charge in [0.05, 0.1) is 10.6 Å². The molecule has 0 aliphatic rings. The standard InChI is InChI=1S/C37H42BrN3O4S/c1-26(2)23-39-37(43)35(22-30-10-7-6-8-11-30)40(24-31-12-9-13-32(38)21-31)36(42)25-41(34-19-16-28(4)20-29(34)5)46(44,45)33-17-14-27(3)15-18-33/h6-21,26,35H,22-25H2,1-5H3,(H,39,43)/t35-/m0/s1. The SMILES string of the molecule is Cc1ccc(S(=O)(=O)N(CC(=O)N(Cc2cccc(Br)c2)[C@@H](Cc2ccccc2)C(=O)NCC(C)C)c2ccc(C)cc2C)cc1. The highest BCUT2D eigenvalue weighted by Gasteiger charge is 2.35. The average Bonchev–Trinajstić information content (AvgIpc) is 3.01. The molecular formula is C37H42BrN3O4S. The van der Waals surface area contributed by atoms with E-state index in [1.807, 2.05) is 101 Å². The van der Waals surface area contributed by atoms with Gasteiger partial charge in [-0.05, 0) is 73.7 Å². The summed E-state index contributed by atoms with van der Waals surface area (Å²) in [6.45, 7) is 9.74. The van der Waals surface area contributed by atoms with Crippen LogP contribution in [0.15, 0.2) is 106 Å². The molecule has 0 saturated heterocycles. The second-order valence-corrected chi connectivity index (χ2v) is 14.9. The van der Waals surface area contributed by atoms with Crippen molar-refractivity contribution < 1.29 is 18.0 Å². The van der Waals surface area contributed by atoms with E-state index in [4.69, 9.17) is 0 Å². The van der Waals surface area contributed by atoms with Crippen molar-refractivity contribution in [3.05, 3.63) is 129 Å². The van der Waals surface area contributed by atoms with Gasteiger partial charge in [-0.15, -0.1) is 0 Å². The topological polar surface area (TPSA) is 86.8 Å². The molecule has 46 heavy (non-hydrogen) atoms. The van der Waals surface area contributed by atoms with Gasteiger partial charge >= 0.3 is 0 Å². The van der Waals surface area contributed by atoms with E-state index in [2.05, 4.69) is 21.2 Å². The van der Waals surface area contributed by atoms with E-state index in [1.165, 1.54) is 9.21 Å². The Labute approximate surface area is 281 Å². The lowest BCUT2D eigenvalue weighted by Gasteiger charge is -2.34. The largest absolute Gasteiger partial charge is 0.354 e. The van der Waals surface area contributed by atoms with Gasteiger partial charge in [-0.2, -0.15) is 0 Å². The Morgan fingerprint density at radius 3 is 2.09 bits per heavy atom. The molecule has 7 nitrogen and oxygen atoms in total. The van der Waals surface area contributed by atoms with E-state index in [1.54, 1.807) is 30.3 Å². The average molecular weight is 705 g/mol. The quantitative estimate of drug-likeness (QED) is 0.163. The maximum Gasteiger partial charge on any atom is 0.264 e. The minimum Gasteiger partial charge on any atom is -0.354 e. The number of benzene rings is 4. The van der Waals surface area contributed by atoms with E-state index < -0.39 is 28.5 Å². The van der Waals surface area contributed by atoms with Crippen LogP contribution in [0.25, 0.3) is 0 Å². The third-order valence-corrected chi connectivity index (χ3v) is 9.97. The number of sulfonamides is 1.